The lowest BCUT2D eigenvalue weighted by molar-refractivity contribution is 0.0526. The van der Waals surface area contributed by atoms with Crippen molar-refractivity contribution in [3.05, 3.63) is 47.5 Å². The maximum absolute atomic E-state index is 11.7. The van der Waals surface area contributed by atoms with Crippen molar-refractivity contribution in [2.75, 3.05) is 13.2 Å². The summed E-state index contributed by atoms with van der Waals surface area (Å²) < 4.78 is 7.08. The van der Waals surface area contributed by atoms with Crippen LogP contribution in [0.3, 0.4) is 0 Å². The number of unbranched alkanes of at least 4 members (excludes halogenated alkanes) is 1. The second-order valence-electron chi connectivity index (χ2n) is 5.35. The van der Waals surface area contributed by atoms with Gasteiger partial charge in [0.15, 0.2) is 0 Å². The number of aliphatic hydroxyl groups is 1. The summed E-state index contributed by atoms with van der Waals surface area (Å²) in [6.45, 7) is 4.39. The fourth-order valence-corrected chi connectivity index (χ4v) is 2.51. The molecule has 0 aliphatic rings. The first-order valence-corrected chi connectivity index (χ1v) is 8.15. The van der Waals surface area contributed by atoms with E-state index in [1.807, 2.05) is 18.3 Å². The van der Waals surface area contributed by atoms with Crippen molar-refractivity contribution >= 4 is 5.97 Å². The predicted octanol–water partition coefficient (Wildman–Crippen LogP) is 2.93. The molecule has 2 aromatic rings. The van der Waals surface area contributed by atoms with E-state index >= 15 is 0 Å². The SMILES string of the molecule is CCCCc1ncc(CCO)n1-c1ccc(C(=O)OCC)cc1. The van der Waals surface area contributed by atoms with E-state index in [1.165, 1.54) is 0 Å². The summed E-state index contributed by atoms with van der Waals surface area (Å²) in [5, 5.41) is 9.25. The van der Waals surface area contributed by atoms with Crippen LogP contribution in [0.5, 0.6) is 0 Å². The first-order chi connectivity index (χ1) is 11.2. The second-order valence-corrected chi connectivity index (χ2v) is 5.35. The molecule has 0 amide bonds. The van der Waals surface area contributed by atoms with Gasteiger partial charge in [0.25, 0.3) is 0 Å². The van der Waals surface area contributed by atoms with Crippen molar-refractivity contribution in [2.24, 2.45) is 0 Å². The summed E-state index contributed by atoms with van der Waals surface area (Å²) in [4.78, 5) is 16.2. The first-order valence-electron chi connectivity index (χ1n) is 8.15. The molecule has 0 bridgehead atoms. The lowest BCUT2D eigenvalue weighted by Gasteiger charge is -2.12. The largest absolute Gasteiger partial charge is 0.462 e. The average Bonchev–Trinajstić information content (AvgIpc) is 2.96. The molecule has 124 valence electrons. The molecule has 5 heteroatoms. The van der Waals surface area contributed by atoms with Crippen LogP contribution in [0.1, 0.15) is 48.6 Å². The van der Waals surface area contributed by atoms with Crippen molar-refractivity contribution in [3.63, 3.8) is 0 Å². The molecule has 0 aliphatic heterocycles. The lowest BCUT2D eigenvalue weighted by Crippen LogP contribution is -2.08. The van der Waals surface area contributed by atoms with Gasteiger partial charge in [0.2, 0.25) is 0 Å². The van der Waals surface area contributed by atoms with Gasteiger partial charge < -0.3 is 14.4 Å². The van der Waals surface area contributed by atoms with E-state index in [9.17, 15) is 9.90 Å². The minimum absolute atomic E-state index is 0.0832. The maximum atomic E-state index is 11.7. The Hall–Kier alpha value is -2.14. The van der Waals surface area contributed by atoms with Crippen LogP contribution in [0.2, 0.25) is 0 Å². The summed E-state index contributed by atoms with van der Waals surface area (Å²) in [6.07, 6.45) is 5.43. The standard InChI is InChI=1S/C18H24N2O3/c1-3-5-6-17-19-13-16(11-12-21)20(17)15-9-7-14(8-10-15)18(22)23-4-2/h7-10,13,21H,3-6,11-12H2,1-2H3. The van der Waals surface area contributed by atoms with Gasteiger partial charge in [0, 0.05) is 37.0 Å². The summed E-state index contributed by atoms with van der Waals surface area (Å²) in [7, 11) is 0. The zero-order valence-corrected chi connectivity index (χ0v) is 13.8. The summed E-state index contributed by atoms with van der Waals surface area (Å²) in [5.41, 5.74) is 2.46. The van der Waals surface area contributed by atoms with E-state index in [0.717, 1.165) is 36.5 Å². The number of imidazole rings is 1. The number of carbonyl (C=O) groups is 1. The molecule has 0 spiro atoms. The molecule has 0 saturated carbocycles. The van der Waals surface area contributed by atoms with Gasteiger partial charge in [0.1, 0.15) is 5.82 Å². The highest BCUT2D eigenvalue weighted by Crippen LogP contribution is 2.18. The third-order valence-electron chi connectivity index (χ3n) is 3.67. The molecular formula is C18H24N2O3. The Morgan fingerprint density at radius 3 is 2.57 bits per heavy atom. The number of benzene rings is 1. The van der Waals surface area contributed by atoms with Crippen molar-refractivity contribution in [3.8, 4) is 5.69 Å². The van der Waals surface area contributed by atoms with Crippen LogP contribution in [-0.4, -0.2) is 33.8 Å². The van der Waals surface area contributed by atoms with Crippen LogP contribution in [0, 0.1) is 0 Å². The van der Waals surface area contributed by atoms with Crippen LogP contribution in [0.25, 0.3) is 5.69 Å². The molecule has 0 atom stereocenters. The third kappa shape index (κ3) is 4.20. The van der Waals surface area contributed by atoms with Gasteiger partial charge in [-0.3, -0.25) is 0 Å². The van der Waals surface area contributed by atoms with E-state index in [4.69, 9.17) is 4.74 Å². The Morgan fingerprint density at radius 1 is 1.22 bits per heavy atom. The number of carbonyl (C=O) groups excluding carboxylic acids is 1. The highest BCUT2D eigenvalue weighted by molar-refractivity contribution is 5.89. The molecule has 0 fully saturated rings. The van der Waals surface area contributed by atoms with Crippen molar-refractivity contribution < 1.29 is 14.6 Å². The molecular weight excluding hydrogens is 292 g/mol. The number of aliphatic hydroxyl groups excluding tert-OH is 1. The van der Waals surface area contributed by atoms with E-state index in [-0.39, 0.29) is 12.6 Å². The molecule has 0 saturated heterocycles. The molecule has 0 unspecified atom stereocenters. The minimum atomic E-state index is -0.313. The number of ether oxygens (including phenoxy) is 1. The zero-order valence-electron chi connectivity index (χ0n) is 13.8. The molecule has 23 heavy (non-hydrogen) atoms. The van der Waals surface area contributed by atoms with Gasteiger partial charge >= 0.3 is 5.97 Å². The molecule has 1 aromatic heterocycles. The minimum Gasteiger partial charge on any atom is -0.462 e. The highest BCUT2D eigenvalue weighted by Gasteiger charge is 2.12. The lowest BCUT2D eigenvalue weighted by atomic mass is 10.2. The highest BCUT2D eigenvalue weighted by atomic mass is 16.5. The van der Waals surface area contributed by atoms with E-state index in [2.05, 4.69) is 16.5 Å². The number of aromatic nitrogens is 2. The topological polar surface area (TPSA) is 64.4 Å². The quantitative estimate of drug-likeness (QED) is 0.761. The molecule has 1 N–H and O–H groups in total. The van der Waals surface area contributed by atoms with E-state index in [1.54, 1.807) is 19.1 Å². The third-order valence-corrected chi connectivity index (χ3v) is 3.67. The van der Waals surface area contributed by atoms with Crippen LogP contribution in [0.4, 0.5) is 0 Å². The fraction of sp³-hybridized carbons (Fsp3) is 0.444. The average molecular weight is 316 g/mol. The smallest absolute Gasteiger partial charge is 0.338 e. The molecule has 1 aromatic carbocycles. The van der Waals surface area contributed by atoms with E-state index < -0.39 is 0 Å². The molecule has 0 radical (unpaired) electrons. The van der Waals surface area contributed by atoms with Crippen molar-refractivity contribution in [1.82, 2.24) is 9.55 Å². The van der Waals surface area contributed by atoms with Crippen LogP contribution in [0.15, 0.2) is 30.5 Å². The summed E-state index contributed by atoms with van der Waals surface area (Å²) >= 11 is 0. The Kier molecular flexibility index (Phi) is 6.35. The van der Waals surface area contributed by atoms with E-state index in [0.29, 0.717) is 18.6 Å². The number of rotatable bonds is 8. The van der Waals surface area contributed by atoms with Crippen molar-refractivity contribution in [2.45, 2.75) is 39.5 Å². The fourth-order valence-electron chi connectivity index (χ4n) is 2.51. The van der Waals surface area contributed by atoms with Gasteiger partial charge in [-0.1, -0.05) is 13.3 Å². The first kappa shape index (κ1) is 17.2. The zero-order chi connectivity index (χ0) is 16.7. The number of esters is 1. The Labute approximate surface area is 136 Å². The van der Waals surface area contributed by atoms with Gasteiger partial charge in [-0.05, 0) is 37.6 Å². The van der Waals surface area contributed by atoms with Crippen LogP contribution >= 0.6 is 0 Å². The normalized spacial score (nSPS) is 10.7. The van der Waals surface area contributed by atoms with Gasteiger partial charge in [-0.15, -0.1) is 0 Å². The Bertz CT molecular complexity index is 632. The van der Waals surface area contributed by atoms with Crippen molar-refractivity contribution in [1.29, 1.82) is 0 Å². The number of hydrogen-bond acceptors (Lipinski definition) is 4. The Morgan fingerprint density at radius 2 is 1.96 bits per heavy atom. The van der Waals surface area contributed by atoms with Crippen LogP contribution in [-0.2, 0) is 17.6 Å². The monoisotopic (exact) mass is 316 g/mol. The van der Waals surface area contributed by atoms with Gasteiger partial charge in [-0.25, -0.2) is 9.78 Å². The molecule has 2 rings (SSSR count). The maximum Gasteiger partial charge on any atom is 0.338 e. The second kappa shape index (κ2) is 8.48. The predicted molar refractivity (Wildman–Crippen MR) is 88.9 cm³/mol. The van der Waals surface area contributed by atoms with Gasteiger partial charge in [0.05, 0.1) is 12.2 Å². The number of aryl methyl sites for hydroxylation is 1. The number of nitrogens with zero attached hydrogens (tertiary/aromatic N) is 2. The molecule has 0 aliphatic carbocycles. The number of hydrogen-bond donors (Lipinski definition) is 1. The summed E-state index contributed by atoms with van der Waals surface area (Å²) in [5.74, 6) is 0.672. The van der Waals surface area contributed by atoms with Crippen LogP contribution < -0.4 is 0 Å². The van der Waals surface area contributed by atoms with Gasteiger partial charge in [-0.2, -0.15) is 0 Å². The Balaban J connectivity index is 2.31. The summed E-state index contributed by atoms with van der Waals surface area (Å²) in [6, 6.07) is 7.31. The molecule has 5 nitrogen and oxygen atoms in total. The molecule has 1 heterocycles.